The van der Waals surface area contributed by atoms with E-state index < -0.39 is 0 Å². The summed E-state index contributed by atoms with van der Waals surface area (Å²) in [7, 11) is 0. The molecule has 116 valence electrons. The van der Waals surface area contributed by atoms with Gasteiger partial charge in [-0.2, -0.15) is 0 Å². The van der Waals surface area contributed by atoms with Gasteiger partial charge in [-0.15, -0.1) is 0 Å². The van der Waals surface area contributed by atoms with Crippen molar-refractivity contribution < 1.29 is 4.79 Å². The number of hydrogen-bond acceptors (Lipinski definition) is 3. The number of hydrogen-bond donors (Lipinski definition) is 2. The number of nitrogen functional groups attached to an aromatic ring is 1. The van der Waals surface area contributed by atoms with Crippen molar-refractivity contribution in [3.8, 4) is 0 Å². The van der Waals surface area contributed by atoms with E-state index in [-0.39, 0.29) is 18.0 Å². The molecule has 4 nitrogen and oxygen atoms in total. The molecule has 1 heterocycles. The highest BCUT2D eigenvalue weighted by Crippen LogP contribution is 2.22. The van der Waals surface area contributed by atoms with Gasteiger partial charge in [0.25, 0.3) is 0 Å². The average Bonchev–Trinajstić information content (AvgIpc) is 2.50. The number of rotatable bonds is 5. The van der Waals surface area contributed by atoms with Crippen molar-refractivity contribution in [3.63, 3.8) is 0 Å². The van der Waals surface area contributed by atoms with Crippen molar-refractivity contribution in [2.45, 2.75) is 58.7 Å². The van der Waals surface area contributed by atoms with Gasteiger partial charge >= 0.3 is 0 Å². The Labute approximate surface area is 127 Å². The fourth-order valence-electron chi connectivity index (χ4n) is 2.91. The molecule has 0 bridgehead atoms. The summed E-state index contributed by atoms with van der Waals surface area (Å²) in [6.07, 6.45) is 2.95. The predicted octanol–water partition coefficient (Wildman–Crippen LogP) is 2.32. The molecule has 0 saturated carbocycles. The van der Waals surface area contributed by atoms with E-state index in [2.05, 4.69) is 30.1 Å². The Bertz CT molecular complexity index is 497. The Balaban J connectivity index is 2.01. The summed E-state index contributed by atoms with van der Waals surface area (Å²) in [5, 5.41) is 3.14. The minimum atomic E-state index is -0.0971. The molecule has 0 aliphatic carbocycles. The van der Waals surface area contributed by atoms with Crippen molar-refractivity contribution >= 4 is 11.6 Å². The first-order chi connectivity index (χ1) is 10.0. The maximum Gasteiger partial charge on any atom is 0.237 e. The zero-order chi connectivity index (χ0) is 15.4. The van der Waals surface area contributed by atoms with E-state index in [1.165, 1.54) is 11.1 Å². The third-order valence-electron chi connectivity index (χ3n) is 4.53. The minimum Gasteiger partial charge on any atom is -0.399 e. The first-order valence-electron chi connectivity index (χ1n) is 7.96. The van der Waals surface area contributed by atoms with E-state index >= 15 is 0 Å². The lowest BCUT2D eigenvalue weighted by Crippen LogP contribution is -2.49. The highest BCUT2D eigenvalue weighted by molar-refractivity contribution is 5.81. The molecule has 0 saturated heterocycles. The molecule has 3 N–H and O–H groups in total. The van der Waals surface area contributed by atoms with Crippen molar-refractivity contribution in [2.75, 3.05) is 12.3 Å². The fraction of sp³-hybridized carbons (Fsp3) is 0.588. The molecular weight excluding hydrogens is 262 g/mol. The van der Waals surface area contributed by atoms with Crippen molar-refractivity contribution in [2.24, 2.45) is 0 Å². The molecule has 21 heavy (non-hydrogen) atoms. The maximum atomic E-state index is 12.4. The van der Waals surface area contributed by atoms with Crippen LogP contribution in [0.5, 0.6) is 0 Å². The van der Waals surface area contributed by atoms with E-state index in [1.807, 2.05) is 19.1 Å². The minimum absolute atomic E-state index is 0.0971. The van der Waals surface area contributed by atoms with Gasteiger partial charge in [-0.05, 0) is 49.4 Å². The van der Waals surface area contributed by atoms with Crippen LogP contribution >= 0.6 is 0 Å². The molecule has 0 radical (unpaired) electrons. The number of benzene rings is 1. The molecule has 1 aromatic rings. The van der Waals surface area contributed by atoms with Crippen LogP contribution in [0.25, 0.3) is 0 Å². The summed E-state index contributed by atoms with van der Waals surface area (Å²) in [6.45, 7) is 7.94. The smallest absolute Gasteiger partial charge is 0.237 e. The van der Waals surface area contributed by atoms with Gasteiger partial charge in [0.15, 0.2) is 0 Å². The number of carbonyl (C=O) groups excluding carboxylic acids is 1. The molecule has 4 heteroatoms. The Morgan fingerprint density at radius 1 is 1.33 bits per heavy atom. The van der Waals surface area contributed by atoms with Crippen LogP contribution < -0.4 is 11.1 Å². The number of nitrogens with two attached hydrogens (primary N) is 1. The van der Waals surface area contributed by atoms with Crippen molar-refractivity contribution in [1.29, 1.82) is 0 Å². The lowest BCUT2D eigenvalue weighted by atomic mass is 9.98. The van der Waals surface area contributed by atoms with Crippen LogP contribution in [0.3, 0.4) is 0 Å². The first-order valence-corrected chi connectivity index (χ1v) is 7.96. The lowest BCUT2D eigenvalue weighted by molar-refractivity contribution is -0.127. The second-order valence-corrected chi connectivity index (χ2v) is 5.95. The average molecular weight is 289 g/mol. The largest absolute Gasteiger partial charge is 0.399 e. The lowest BCUT2D eigenvalue weighted by Gasteiger charge is -2.33. The molecule has 1 aliphatic rings. The molecule has 1 amide bonds. The van der Waals surface area contributed by atoms with Crippen LogP contribution in [0, 0.1) is 0 Å². The SMILES string of the molecule is CCC(CC)NC(=O)C(C)N1CCc2ccc(N)cc2C1. The number of carbonyl (C=O) groups is 1. The summed E-state index contributed by atoms with van der Waals surface area (Å²) in [5.74, 6) is 0.135. The maximum absolute atomic E-state index is 12.4. The quantitative estimate of drug-likeness (QED) is 0.818. The summed E-state index contributed by atoms with van der Waals surface area (Å²) in [4.78, 5) is 14.6. The van der Waals surface area contributed by atoms with E-state index in [0.29, 0.717) is 0 Å². The summed E-state index contributed by atoms with van der Waals surface area (Å²) in [6, 6.07) is 6.29. The molecule has 2 rings (SSSR count). The number of amides is 1. The number of nitrogens with zero attached hydrogens (tertiary/aromatic N) is 1. The van der Waals surface area contributed by atoms with Gasteiger partial charge in [0.1, 0.15) is 0 Å². The van der Waals surface area contributed by atoms with Crippen molar-refractivity contribution in [3.05, 3.63) is 29.3 Å². The second kappa shape index (κ2) is 6.94. The van der Waals surface area contributed by atoms with Gasteiger partial charge in [-0.1, -0.05) is 19.9 Å². The van der Waals surface area contributed by atoms with E-state index in [1.54, 1.807) is 0 Å². The zero-order valence-corrected chi connectivity index (χ0v) is 13.4. The molecule has 0 fully saturated rings. The van der Waals surface area contributed by atoms with Gasteiger partial charge in [0, 0.05) is 24.8 Å². The van der Waals surface area contributed by atoms with Gasteiger partial charge < -0.3 is 11.1 Å². The Kier molecular flexibility index (Phi) is 5.23. The molecule has 1 unspecified atom stereocenters. The predicted molar refractivity (Wildman–Crippen MR) is 86.9 cm³/mol. The van der Waals surface area contributed by atoms with Crippen LogP contribution in [0.15, 0.2) is 18.2 Å². The molecular formula is C17H27N3O. The number of fused-ring (bicyclic) bond motifs is 1. The van der Waals surface area contributed by atoms with Crippen LogP contribution in [0.2, 0.25) is 0 Å². The highest BCUT2D eigenvalue weighted by Gasteiger charge is 2.26. The summed E-state index contributed by atoms with van der Waals surface area (Å²) in [5.41, 5.74) is 9.27. The van der Waals surface area contributed by atoms with Crippen molar-refractivity contribution in [1.82, 2.24) is 10.2 Å². The van der Waals surface area contributed by atoms with Gasteiger partial charge in [0.2, 0.25) is 5.91 Å². The molecule has 1 aromatic carbocycles. The molecule has 0 spiro atoms. The fourth-order valence-corrected chi connectivity index (χ4v) is 2.91. The zero-order valence-electron chi connectivity index (χ0n) is 13.4. The standard InChI is InChI=1S/C17H27N3O/c1-4-16(5-2)19-17(21)12(3)20-9-8-13-6-7-15(18)10-14(13)11-20/h6-7,10,12,16H,4-5,8-9,11,18H2,1-3H3,(H,19,21). The van der Waals surface area contributed by atoms with Gasteiger partial charge in [-0.25, -0.2) is 0 Å². The molecule has 1 aliphatic heterocycles. The van der Waals surface area contributed by atoms with Crippen LogP contribution in [-0.4, -0.2) is 29.4 Å². The van der Waals surface area contributed by atoms with Crippen LogP contribution in [0.4, 0.5) is 5.69 Å². The van der Waals surface area contributed by atoms with Gasteiger partial charge in [-0.3, -0.25) is 9.69 Å². The third kappa shape index (κ3) is 3.76. The summed E-state index contributed by atoms with van der Waals surface area (Å²) >= 11 is 0. The Morgan fingerprint density at radius 3 is 2.71 bits per heavy atom. The molecule has 0 aromatic heterocycles. The van der Waals surface area contributed by atoms with Gasteiger partial charge in [0.05, 0.1) is 6.04 Å². The van der Waals surface area contributed by atoms with Crippen LogP contribution in [0.1, 0.15) is 44.7 Å². The number of anilines is 1. The topological polar surface area (TPSA) is 58.4 Å². The highest BCUT2D eigenvalue weighted by atomic mass is 16.2. The Hall–Kier alpha value is -1.55. The third-order valence-corrected chi connectivity index (χ3v) is 4.53. The molecule has 1 atom stereocenters. The second-order valence-electron chi connectivity index (χ2n) is 5.95. The number of nitrogens with one attached hydrogen (secondary N) is 1. The van der Waals surface area contributed by atoms with E-state index in [0.717, 1.165) is 38.0 Å². The Morgan fingerprint density at radius 2 is 2.05 bits per heavy atom. The normalized spacial score (nSPS) is 16.6. The monoisotopic (exact) mass is 289 g/mol. The first kappa shape index (κ1) is 15.8. The van der Waals surface area contributed by atoms with E-state index in [4.69, 9.17) is 5.73 Å². The van der Waals surface area contributed by atoms with Crippen LogP contribution in [-0.2, 0) is 17.8 Å². The summed E-state index contributed by atoms with van der Waals surface area (Å²) < 4.78 is 0. The van der Waals surface area contributed by atoms with E-state index in [9.17, 15) is 4.79 Å².